The Morgan fingerprint density at radius 3 is 2.41 bits per heavy atom. The molecule has 0 unspecified atom stereocenters. The van der Waals surface area contributed by atoms with E-state index in [9.17, 15) is 13.2 Å². The summed E-state index contributed by atoms with van der Waals surface area (Å²) in [5, 5.41) is 3.08. The third-order valence-corrected chi connectivity index (χ3v) is 7.59. The molecule has 0 atom stereocenters. The molecule has 154 valence electrons. The lowest BCUT2D eigenvalue weighted by atomic mass is 9.97. The Morgan fingerprint density at radius 1 is 1.00 bits per heavy atom. The van der Waals surface area contributed by atoms with E-state index < -0.39 is 10.0 Å². The number of carbonyl (C=O) groups excluding carboxylic acids is 1. The van der Waals surface area contributed by atoms with Gasteiger partial charge in [-0.15, -0.1) is 0 Å². The highest BCUT2D eigenvalue weighted by Gasteiger charge is 2.32. The van der Waals surface area contributed by atoms with Gasteiger partial charge in [-0.3, -0.25) is 9.78 Å². The Labute approximate surface area is 171 Å². The minimum atomic E-state index is -3.56. The fraction of sp³-hybridized carbons (Fsp3) is 0.429. The molecule has 2 aliphatic heterocycles. The van der Waals surface area contributed by atoms with E-state index in [-0.39, 0.29) is 16.7 Å². The predicted molar refractivity (Wildman–Crippen MR) is 112 cm³/mol. The van der Waals surface area contributed by atoms with E-state index in [4.69, 9.17) is 0 Å². The lowest BCUT2D eigenvalue weighted by Gasteiger charge is -2.31. The Kier molecular flexibility index (Phi) is 5.82. The number of amides is 1. The summed E-state index contributed by atoms with van der Waals surface area (Å²) in [6, 6.07) is 11.1. The van der Waals surface area contributed by atoms with Gasteiger partial charge in [-0.25, -0.2) is 8.42 Å². The summed E-state index contributed by atoms with van der Waals surface area (Å²) in [6.45, 7) is 2.70. The number of aromatic nitrogens is 1. The van der Waals surface area contributed by atoms with E-state index in [1.165, 1.54) is 23.3 Å². The van der Waals surface area contributed by atoms with Crippen molar-refractivity contribution < 1.29 is 13.2 Å². The van der Waals surface area contributed by atoms with E-state index in [2.05, 4.69) is 15.2 Å². The van der Waals surface area contributed by atoms with Crippen LogP contribution in [0.2, 0.25) is 0 Å². The Bertz CT molecular complexity index is 951. The normalized spacial score (nSPS) is 18.7. The van der Waals surface area contributed by atoms with Crippen LogP contribution in [0, 0.1) is 5.92 Å². The molecule has 2 saturated heterocycles. The number of nitrogens with zero attached hydrogens (tertiary/aromatic N) is 3. The third kappa shape index (κ3) is 4.28. The van der Waals surface area contributed by atoms with Crippen LogP contribution in [0.4, 0.5) is 11.4 Å². The Balaban J connectivity index is 1.39. The molecule has 0 spiro atoms. The molecule has 2 aliphatic rings. The number of hydrogen-bond donors (Lipinski definition) is 1. The molecule has 3 heterocycles. The first kappa shape index (κ1) is 19.8. The van der Waals surface area contributed by atoms with E-state index in [0.29, 0.717) is 25.9 Å². The highest BCUT2D eigenvalue weighted by molar-refractivity contribution is 7.89. The third-order valence-electron chi connectivity index (χ3n) is 5.71. The van der Waals surface area contributed by atoms with Gasteiger partial charge in [-0.05, 0) is 49.9 Å². The van der Waals surface area contributed by atoms with Gasteiger partial charge in [-0.2, -0.15) is 4.31 Å². The molecular weight excluding hydrogens is 388 g/mol. The summed E-state index contributed by atoms with van der Waals surface area (Å²) in [6.07, 6.45) is 6.28. The number of rotatable bonds is 5. The maximum absolute atomic E-state index is 12.9. The summed E-state index contributed by atoms with van der Waals surface area (Å²) in [4.78, 5) is 19.3. The molecule has 0 radical (unpaired) electrons. The summed E-state index contributed by atoms with van der Waals surface area (Å²) in [5.74, 6) is -0.225. The zero-order valence-electron chi connectivity index (χ0n) is 16.3. The van der Waals surface area contributed by atoms with Crippen molar-refractivity contribution in [3.8, 4) is 0 Å². The maximum atomic E-state index is 12.9. The molecular formula is C21H26N4O3S. The summed E-state index contributed by atoms with van der Waals surface area (Å²) in [7, 11) is -3.56. The lowest BCUT2D eigenvalue weighted by molar-refractivity contribution is -0.120. The zero-order chi connectivity index (χ0) is 20.3. The largest absolute Gasteiger partial charge is 0.370 e. The summed E-state index contributed by atoms with van der Waals surface area (Å²) in [5.41, 5.74) is 1.90. The van der Waals surface area contributed by atoms with Gasteiger partial charge in [0.25, 0.3) is 0 Å². The van der Waals surface area contributed by atoms with Crippen molar-refractivity contribution in [1.29, 1.82) is 0 Å². The van der Waals surface area contributed by atoms with Gasteiger partial charge in [0, 0.05) is 44.5 Å². The molecule has 7 nitrogen and oxygen atoms in total. The summed E-state index contributed by atoms with van der Waals surface area (Å²) < 4.78 is 26.9. The number of hydrogen-bond acceptors (Lipinski definition) is 5. The van der Waals surface area contributed by atoms with Crippen molar-refractivity contribution in [1.82, 2.24) is 9.29 Å². The van der Waals surface area contributed by atoms with Crippen molar-refractivity contribution >= 4 is 27.3 Å². The molecule has 0 bridgehead atoms. The molecule has 0 saturated carbocycles. The number of pyridine rings is 1. The van der Waals surface area contributed by atoms with Crippen molar-refractivity contribution in [3.05, 3.63) is 48.8 Å². The smallest absolute Gasteiger partial charge is 0.244 e. The van der Waals surface area contributed by atoms with E-state index in [0.717, 1.165) is 24.5 Å². The fourth-order valence-corrected chi connectivity index (χ4v) is 5.49. The predicted octanol–water partition coefficient (Wildman–Crippen LogP) is 2.72. The van der Waals surface area contributed by atoms with Crippen LogP contribution >= 0.6 is 0 Å². The molecule has 1 aromatic heterocycles. The van der Waals surface area contributed by atoms with Crippen LogP contribution in [0.3, 0.4) is 0 Å². The van der Waals surface area contributed by atoms with Crippen LogP contribution in [0.15, 0.2) is 53.7 Å². The Hall–Kier alpha value is -2.45. The average molecular weight is 415 g/mol. The van der Waals surface area contributed by atoms with Gasteiger partial charge in [0.15, 0.2) is 0 Å². The minimum Gasteiger partial charge on any atom is -0.370 e. The first-order valence-corrected chi connectivity index (χ1v) is 11.5. The quantitative estimate of drug-likeness (QED) is 0.813. The van der Waals surface area contributed by atoms with E-state index >= 15 is 0 Å². The molecule has 29 heavy (non-hydrogen) atoms. The molecule has 8 heteroatoms. The highest BCUT2D eigenvalue weighted by Crippen LogP contribution is 2.30. The van der Waals surface area contributed by atoms with Crippen molar-refractivity contribution in [2.75, 3.05) is 36.4 Å². The topological polar surface area (TPSA) is 82.6 Å². The molecule has 0 aliphatic carbocycles. The average Bonchev–Trinajstić information content (AvgIpc) is 3.29. The highest BCUT2D eigenvalue weighted by atomic mass is 32.2. The van der Waals surface area contributed by atoms with Crippen LogP contribution in [0.5, 0.6) is 0 Å². The zero-order valence-corrected chi connectivity index (χ0v) is 17.1. The molecule has 1 amide bonds. The second-order valence-electron chi connectivity index (χ2n) is 7.57. The number of carbonyl (C=O) groups is 1. The Morgan fingerprint density at radius 2 is 1.72 bits per heavy atom. The van der Waals surface area contributed by atoms with Crippen molar-refractivity contribution in [3.63, 3.8) is 0 Å². The van der Waals surface area contributed by atoms with Gasteiger partial charge in [0.05, 0.1) is 11.4 Å². The number of anilines is 2. The van der Waals surface area contributed by atoms with Crippen LogP contribution in [-0.2, 0) is 14.8 Å². The van der Waals surface area contributed by atoms with Crippen LogP contribution < -0.4 is 10.2 Å². The van der Waals surface area contributed by atoms with Gasteiger partial charge in [0.1, 0.15) is 4.90 Å². The standard InChI is InChI=1S/C21H26N4O3S/c26-21(23-19-7-1-2-8-20(19)24-12-3-4-13-24)17-9-14-25(15-10-17)29(27,28)18-6-5-11-22-16-18/h1-2,5-8,11,16-17H,3-4,9-10,12-15H2,(H,23,26). The van der Waals surface area contributed by atoms with Gasteiger partial charge < -0.3 is 10.2 Å². The number of para-hydroxylation sites is 2. The second-order valence-corrected chi connectivity index (χ2v) is 9.51. The van der Waals surface area contributed by atoms with Gasteiger partial charge in [-0.1, -0.05) is 12.1 Å². The molecule has 1 aromatic carbocycles. The van der Waals surface area contributed by atoms with Gasteiger partial charge in [0.2, 0.25) is 15.9 Å². The first-order chi connectivity index (χ1) is 14.1. The molecule has 2 fully saturated rings. The van der Waals surface area contributed by atoms with Gasteiger partial charge >= 0.3 is 0 Å². The summed E-state index contributed by atoms with van der Waals surface area (Å²) >= 11 is 0. The lowest BCUT2D eigenvalue weighted by Crippen LogP contribution is -2.41. The van der Waals surface area contributed by atoms with E-state index in [1.807, 2.05) is 24.3 Å². The SMILES string of the molecule is O=C(Nc1ccccc1N1CCCC1)C1CCN(S(=O)(=O)c2cccnc2)CC1. The minimum absolute atomic E-state index is 0.0323. The van der Waals surface area contributed by atoms with Crippen LogP contribution in [0.1, 0.15) is 25.7 Å². The monoisotopic (exact) mass is 414 g/mol. The van der Waals surface area contributed by atoms with Crippen LogP contribution in [-0.4, -0.2) is 49.8 Å². The molecule has 4 rings (SSSR count). The fourth-order valence-electron chi connectivity index (χ4n) is 4.06. The molecule has 2 aromatic rings. The number of sulfonamides is 1. The first-order valence-electron chi connectivity index (χ1n) is 10.1. The number of benzene rings is 1. The number of nitrogens with one attached hydrogen (secondary N) is 1. The second kappa shape index (κ2) is 8.51. The maximum Gasteiger partial charge on any atom is 0.244 e. The van der Waals surface area contributed by atoms with Crippen LogP contribution in [0.25, 0.3) is 0 Å². The molecule has 1 N–H and O–H groups in total. The van der Waals surface area contributed by atoms with Crippen molar-refractivity contribution in [2.45, 2.75) is 30.6 Å². The van der Waals surface area contributed by atoms with E-state index in [1.54, 1.807) is 18.3 Å². The van der Waals surface area contributed by atoms with Crippen molar-refractivity contribution in [2.24, 2.45) is 5.92 Å². The number of piperidine rings is 1.